The van der Waals surface area contributed by atoms with Crippen molar-refractivity contribution in [2.75, 3.05) is 0 Å². The van der Waals surface area contributed by atoms with E-state index < -0.39 is 0 Å². The molecule has 0 atom stereocenters. The third-order valence-corrected chi connectivity index (χ3v) is 3.46. The van der Waals surface area contributed by atoms with Crippen LogP contribution in [0, 0.1) is 0 Å². The molecule has 2 rings (SSSR count). The zero-order valence-electron chi connectivity index (χ0n) is 9.44. The van der Waals surface area contributed by atoms with Gasteiger partial charge in [0.2, 0.25) is 0 Å². The number of benzene rings is 1. The summed E-state index contributed by atoms with van der Waals surface area (Å²) in [5, 5.41) is 3.25. The molecule has 2 N–H and O–H groups in total. The van der Waals surface area contributed by atoms with E-state index in [9.17, 15) is 0 Å². The number of nitrogens with two attached hydrogens (primary N) is 1. The summed E-state index contributed by atoms with van der Waals surface area (Å²) < 4.78 is 5.62. The Morgan fingerprint density at radius 1 is 1.47 bits per heavy atom. The van der Waals surface area contributed by atoms with Crippen LogP contribution in [-0.4, -0.2) is 4.98 Å². The van der Waals surface area contributed by atoms with Crippen LogP contribution in [0.4, 0.5) is 0 Å². The molecule has 1 heterocycles. The van der Waals surface area contributed by atoms with Gasteiger partial charge < -0.3 is 10.5 Å². The van der Waals surface area contributed by atoms with Gasteiger partial charge >= 0.3 is 0 Å². The van der Waals surface area contributed by atoms with Gasteiger partial charge in [0, 0.05) is 16.9 Å². The lowest BCUT2D eigenvalue weighted by atomic mass is 10.2. The summed E-state index contributed by atoms with van der Waals surface area (Å²) in [6, 6.07) is 5.48. The summed E-state index contributed by atoms with van der Waals surface area (Å²) in [6.45, 7) is 2.49. The lowest BCUT2D eigenvalue weighted by molar-refractivity contribution is 0.477. The largest absolute Gasteiger partial charge is 0.431 e. The van der Waals surface area contributed by atoms with Crippen molar-refractivity contribution in [2.45, 2.75) is 19.9 Å². The molecule has 0 spiro atoms. The zero-order valence-corrected chi connectivity index (χ0v) is 11.0. The minimum absolute atomic E-state index is 0.427. The Kier molecular flexibility index (Phi) is 3.99. The summed E-state index contributed by atoms with van der Waals surface area (Å²) in [6.07, 6.45) is 0.909. The van der Waals surface area contributed by atoms with Gasteiger partial charge in [-0.15, -0.1) is 0 Å². The van der Waals surface area contributed by atoms with Crippen LogP contribution in [-0.2, 0) is 13.0 Å². The van der Waals surface area contributed by atoms with E-state index in [1.165, 1.54) is 11.3 Å². The predicted octanol–water partition coefficient (Wildman–Crippen LogP) is 3.61. The monoisotopic (exact) mass is 268 g/mol. The normalized spacial score (nSPS) is 10.5. The topological polar surface area (TPSA) is 48.1 Å². The first-order valence-corrected chi connectivity index (χ1v) is 6.59. The van der Waals surface area contributed by atoms with Gasteiger partial charge in [-0.1, -0.05) is 35.9 Å². The quantitative estimate of drug-likeness (QED) is 0.921. The van der Waals surface area contributed by atoms with Gasteiger partial charge in [-0.3, -0.25) is 0 Å². The maximum absolute atomic E-state index is 6.05. The van der Waals surface area contributed by atoms with E-state index in [0.29, 0.717) is 22.5 Å². The average molecular weight is 269 g/mol. The van der Waals surface area contributed by atoms with Crippen molar-refractivity contribution in [2.24, 2.45) is 5.73 Å². The average Bonchev–Trinajstić information content (AvgIpc) is 2.77. The summed E-state index contributed by atoms with van der Waals surface area (Å²) in [7, 11) is 0. The maximum atomic E-state index is 6.05. The zero-order chi connectivity index (χ0) is 12.3. The Morgan fingerprint density at radius 3 is 2.88 bits per heavy atom. The number of hydrogen-bond acceptors (Lipinski definition) is 4. The van der Waals surface area contributed by atoms with E-state index in [1.807, 2.05) is 17.5 Å². The highest BCUT2D eigenvalue weighted by molar-refractivity contribution is 7.11. The van der Waals surface area contributed by atoms with E-state index >= 15 is 0 Å². The molecule has 3 nitrogen and oxygen atoms in total. The Hall–Kier alpha value is -1.10. The number of nitrogens with zero attached hydrogens (tertiary/aromatic N) is 1. The first kappa shape index (κ1) is 12.4. The molecule has 0 unspecified atom stereocenters. The van der Waals surface area contributed by atoms with Gasteiger partial charge in [-0.05, 0) is 24.1 Å². The summed E-state index contributed by atoms with van der Waals surface area (Å²) in [5.74, 6) is 0.684. The van der Waals surface area contributed by atoms with Crippen molar-refractivity contribution < 1.29 is 4.74 Å². The van der Waals surface area contributed by atoms with E-state index in [2.05, 4.69) is 11.9 Å². The van der Waals surface area contributed by atoms with Crippen molar-refractivity contribution in [3.63, 3.8) is 0 Å². The van der Waals surface area contributed by atoms with Crippen LogP contribution < -0.4 is 10.5 Å². The van der Waals surface area contributed by atoms with Crippen molar-refractivity contribution in [3.05, 3.63) is 39.9 Å². The fraction of sp³-hybridized carbons (Fsp3) is 0.250. The van der Waals surface area contributed by atoms with Crippen LogP contribution in [0.5, 0.6) is 10.9 Å². The van der Waals surface area contributed by atoms with Crippen LogP contribution in [0.15, 0.2) is 23.6 Å². The molecule has 90 valence electrons. The summed E-state index contributed by atoms with van der Waals surface area (Å²) in [4.78, 5) is 4.32. The van der Waals surface area contributed by atoms with Crippen LogP contribution >= 0.6 is 22.9 Å². The summed E-state index contributed by atoms with van der Waals surface area (Å²) >= 11 is 7.53. The molecule has 0 saturated carbocycles. The maximum Gasteiger partial charge on any atom is 0.278 e. The first-order chi connectivity index (χ1) is 8.22. The Bertz CT molecular complexity index is 513. The Morgan fingerprint density at radius 2 is 2.29 bits per heavy atom. The lowest BCUT2D eigenvalue weighted by Crippen LogP contribution is -1.97. The second-order valence-electron chi connectivity index (χ2n) is 3.52. The number of hydrogen-bond donors (Lipinski definition) is 1. The number of aryl methyl sites for hydroxylation is 1. The SMILES string of the molecule is CCc1csc(Oc2ccc(CN)c(Cl)c2)n1. The van der Waals surface area contributed by atoms with Crippen molar-refractivity contribution >= 4 is 22.9 Å². The van der Waals surface area contributed by atoms with Gasteiger partial charge in [0.15, 0.2) is 0 Å². The number of halogens is 1. The number of thiazole rings is 1. The fourth-order valence-electron chi connectivity index (χ4n) is 1.36. The highest BCUT2D eigenvalue weighted by atomic mass is 35.5. The molecule has 0 fully saturated rings. The van der Waals surface area contributed by atoms with Gasteiger partial charge in [0.1, 0.15) is 5.75 Å². The number of aromatic nitrogens is 1. The molecule has 0 saturated heterocycles. The first-order valence-electron chi connectivity index (χ1n) is 5.33. The van der Waals surface area contributed by atoms with E-state index in [0.717, 1.165) is 17.7 Å². The smallest absolute Gasteiger partial charge is 0.278 e. The molecule has 0 aliphatic rings. The van der Waals surface area contributed by atoms with Crippen molar-refractivity contribution in [1.82, 2.24) is 4.98 Å². The molecule has 2 aromatic rings. The van der Waals surface area contributed by atoms with Crippen LogP contribution in [0.25, 0.3) is 0 Å². The molecule has 0 aliphatic heterocycles. The van der Waals surface area contributed by atoms with Gasteiger partial charge in [-0.2, -0.15) is 0 Å². The van der Waals surface area contributed by atoms with Crippen molar-refractivity contribution in [1.29, 1.82) is 0 Å². The Labute approximate surface area is 109 Å². The number of ether oxygens (including phenoxy) is 1. The molecule has 17 heavy (non-hydrogen) atoms. The van der Waals surface area contributed by atoms with Crippen LogP contribution in [0.2, 0.25) is 5.02 Å². The van der Waals surface area contributed by atoms with Crippen molar-refractivity contribution in [3.8, 4) is 10.9 Å². The summed E-state index contributed by atoms with van der Waals surface area (Å²) in [5.41, 5.74) is 7.49. The minimum atomic E-state index is 0.427. The van der Waals surface area contributed by atoms with Crippen LogP contribution in [0.3, 0.4) is 0 Å². The molecular weight excluding hydrogens is 256 g/mol. The van der Waals surface area contributed by atoms with Gasteiger partial charge in [0.25, 0.3) is 5.19 Å². The molecule has 1 aromatic carbocycles. The van der Waals surface area contributed by atoms with E-state index in [-0.39, 0.29) is 0 Å². The second kappa shape index (κ2) is 5.49. The molecule has 0 bridgehead atoms. The second-order valence-corrected chi connectivity index (χ2v) is 4.75. The highest BCUT2D eigenvalue weighted by Gasteiger charge is 2.05. The minimum Gasteiger partial charge on any atom is -0.431 e. The molecule has 0 aliphatic carbocycles. The molecule has 5 heteroatoms. The van der Waals surface area contributed by atoms with E-state index in [4.69, 9.17) is 22.1 Å². The number of rotatable bonds is 4. The van der Waals surface area contributed by atoms with Gasteiger partial charge in [-0.25, -0.2) is 4.98 Å². The van der Waals surface area contributed by atoms with Crippen LogP contribution in [0.1, 0.15) is 18.2 Å². The standard InChI is InChI=1S/C12H13ClN2OS/c1-2-9-7-17-12(15-9)16-10-4-3-8(6-14)11(13)5-10/h3-5,7H,2,6,14H2,1H3. The third kappa shape index (κ3) is 2.97. The highest BCUT2D eigenvalue weighted by Crippen LogP contribution is 2.28. The third-order valence-electron chi connectivity index (χ3n) is 2.34. The molecule has 1 aromatic heterocycles. The molecule has 0 amide bonds. The van der Waals surface area contributed by atoms with Gasteiger partial charge in [0.05, 0.1) is 5.69 Å². The predicted molar refractivity (Wildman–Crippen MR) is 70.9 cm³/mol. The lowest BCUT2D eigenvalue weighted by Gasteiger charge is -2.05. The molecule has 0 radical (unpaired) electrons. The Balaban J connectivity index is 2.15. The van der Waals surface area contributed by atoms with E-state index in [1.54, 1.807) is 6.07 Å². The molecular formula is C12H13ClN2OS. The fourth-order valence-corrected chi connectivity index (χ4v) is 2.37.